The van der Waals surface area contributed by atoms with Gasteiger partial charge in [0, 0.05) is 12.5 Å². The van der Waals surface area contributed by atoms with Gasteiger partial charge in [0.2, 0.25) is 5.89 Å². The van der Waals surface area contributed by atoms with Gasteiger partial charge >= 0.3 is 0 Å². The Morgan fingerprint density at radius 3 is 2.90 bits per heavy atom. The maximum Gasteiger partial charge on any atom is 0.229 e. The normalized spacial score (nSPS) is 16.1. The number of hydrogen-bond acceptors (Lipinski definition) is 6. The summed E-state index contributed by atoms with van der Waals surface area (Å²) in [5.41, 5.74) is 0. The second-order valence-electron chi connectivity index (χ2n) is 5.74. The highest BCUT2D eigenvalue weighted by molar-refractivity contribution is 4.96. The molecule has 0 saturated heterocycles. The summed E-state index contributed by atoms with van der Waals surface area (Å²) in [5, 5.41) is 12.2. The third kappa shape index (κ3) is 3.29. The summed E-state index contributed by atoms with van der Waals surface area (Å²) in [6.07, 6.45) is 6.66. The van der Waals surface area contributed by atoms with Gasteiger partial charge in [-0.1, -0.05) is 18.0 Å². The molecule has 21 heavy (non-hydrogen) atoms. The fourth-order valence-corrected chi connectivity index (χ4v) is 2.87. The number of aromatic nitrogens is 5. The van der Waals surface area contributed by atoms with Crippen LogP contribution in [0.3, 0.4) is 0 Å². The molecule has 0 atom stereocenters. The Morgan fingerprint density at radius 2 is 2.14 bits per heavy atom. The Kier molecular flexibility index (Phi) is 4.28. The maximum absolute atomic E-state index is 5.41. The zero-order chi connectivity index (χ0) is 14.7. The van der Waals surface area contributed by atoms with E-state index in [1.54, 1.807) is 6.33 Å². The third-order valence-electron chi connectivity index (χ3n) is 4.05. The first kappa shape index (κ1) is 14.2. The lowest BCUT2D eigenvalue weighted by Gasteiger charge is -2.13. The van der Waals surface area contributed by atoms with Gasteiger partial charge in [-0.25, -0.2) is 0 Å². The maximum atomic E-state index is 5.41. The van der Waals surface area contributed by atoms with Crippen LogP contribution in [0.2, 0.25) is 0 Å². The van der Waals surface area contributed by atoms with Crippen molar-refractivity contribution in [3.05, 3.63) is 23.9 Å². The van der Waals surface area contributed by atoms with E-state index < -0.39 is 0 Å². The van der Waals surface area contributed by atoms with Crippen LogP contribution in [-0.2, 0) is 19.6 Å². The van der Waals surface area contributed by atoms with Crippen LogP contribution >= 0.6 is 0 Å². The molecule has 7 nitrogen and oxygen atoms in total. The smallest absolute Gasteiger partial charge is 0.229 e. The standard InChI is InChI=1S/C14H22N6O/c1-3-20-10-15-17-13(20)9-19(2)8-12-16-14(21-18-12)11-6-4-5-7-11/h10-11H,3-9H2,1-2H3. The fourth-order valence-electron chi connectivity index (χ4n) is 2.87. The van der Waals surface area contributed by atoms with Crippen LogP contribution in [0.25, 0.3) is 0 Å². The van der Waals surface area contributed by atoms with Gasteiger partial charge in [-0.2, -0.15) is 4.98 Å². The van der Waals surface area contributed by atoms with Gasteiger partial charge in [-0.15, -0.1) is 10.2 Å². The Morgan fingerprint density at radius 1 is 1.33 bits per heavy atom. The molecule has 1 aliphatic rings. The molecule has 2 aromatic rings. The summed E-state index contributed by atoms with van der Waals surface area (Å²) >= 11 is 0. The van der Waals surface area contributed by atoms with Crippen LogP contribution in [0.4, 0.5) is 0 Å². The number of nitrogens with zero attached hydrogens (tertiary/aromatic N) is 6. The zero-order valence-corrected chi connectivity index (χ0v) is 12.7. The monoisotopic (exact) mass is 290 g/mol. The molecule has 1 fully saturated rings. The number of rotatable bonds is 6. The molecular formula is C14H22N6O. The summed E-state index contributed by atoms with van der Waals surface area (Å²) in [7, 11) is 2.03. The molecule has 2 aromatic heterocycles. The number of aryl methyl sites for hydroxylation is 1. The van der Waals surface area contributed by atoms with Crippen molar-refractivity contribution in [1.82, 2.24) is 29.8 Å². The Bertz CT molecular complexity index is 572. The third-order valence-corrected chi connectivity index (χ3v) is 4.05. The highest BCUT2D eigenvalue weighted by Gasteiger charge is 2.23. The minimum absolute atomic E-state index is 0.472. The predicted molar refractivity (Wildman–Crippen MR) is 76.4 cm³/mol. The van der Waals surface area contributed by atoms with Gasteiger partial charge in [0.25, 0.3) is 0 Å². The van der Waals surface area contributed by atoms with Crippen molar-refractivity contribution >= 4 is 0 Å². The van der Waals surface area contributed by atoms with E-state index in [1.807, 2.05) is 11.6 Å². The highest BCUT2D eigenvalue weighted by Crippen LogP contribution is 2.32. The molecule has 0 aromatic carbocycles. The predicted octanol–water partition coefficient (Wildman–Crippen LogP) is 1.97. The first-order valence-electron chi connectivity index (χ1n) is 7.64. The summed E-state index contributed by atoms with van der Waals surface area (Å²) < 4.78 is 7.45. The second-order valence-corrected chi connectivity index (χ2v) is 5.74. The molecule has 0 spiro atoms. The van der Waals surface area contributed by atoms with Crippen LogP contribution in [0, 0.1) is 0 Å². The van der Waals surface area contributed by atoms with Gasteiger partial charge in [-0.05, 0) is 26.8 Å². The average molecular weight is 290 g/mol. The van der Waals surface area contributed by atoms with E-state index >= 15 is 0 Å². The summed E-state index contributed by atoms with van der Waals surface area (Å²) in [6.45, 7) is 4.35. The van der Waals surface area contributed by atoms with Crippen molar-refractivity contribution in [2.24, 2.45) is 0 Å². The zero-order valence-electron chi connectivity index (χ0n) is 12.7. The van der Waals surface area contributed by atoms with Crippen molar-refractivity contribution < 1.29 is 4.52 Å². The van der Waals surface area contributed by atoms with Crippen LogP contribution in [0.1, 0.15) is 56.1 Å². The van der Waals surface area contributed by atoms with Crippen molar-refractivity contribution in [3.63, 3.8) is 0 Å². The molecule has 7 heteroatoms. The average Bonchev–Trinajstić information content (AvgIpc) is 3.19. The molecule has 3 rings (SSSR count). The Hall–Kier alpha value is -1.76. The van der Waals surface area contributed by atoms with Crippen molar-refractivity contribution in [2.45, 2.75) is 58.2 Å². The van der Waals surface area contributed by atoms with E-state index in [9.17, 15) is 0 Å². The molecule has 1 aliphatic carbocycles. The largest absolute Gasteiger partial charge is 0.339 e. The summed E-state index contributed by atoms with van der Waals surface area (Å²) in [6, 6.07) is 0. The molecular weight excluding hydrogens is 268 g/mol. The SMILES string of the molecule is CCn1cnnc1CN(C)Cc1noc(C2CCCC2)n1. The first-order chi connectivity index (χ1) is 10.3. The molecule has 0 radical (unpaired) electrons. The minimum Gasteiger partial charge on any atom is -0.339 e. The van der Waals surface area contributed by atoms with Crippen LogP contribution in [0.5, 0.6) is 0 Å². The van der Waals surface area contributed by atoms with E-state index in [1.165, 1.54) is 25.7 Å². The van der Waals surface area contributed by atoms with E-state index in [0.717, 1.165) is 30.6 Å². The Labute approximate surface area is 124 Å². The van der Waals surface area contributed by atoms with Crippen LogP contribution in [0.15, 0.2) is 10.9 Å². The van der Waals surface area contributed by atoms with Crippen LogP contribution < -0.4 is 0 Å². The lowest BCUT2D eigenvalue weighted by Crippen LogP contribution is -2.20. The molecule has 0 N–H and O–H groups in total. The van der Waals surface area contributed by atoms with E-state index in [2.05, 4.69) is 32.2 Å². The van der Waals surface area contributed by atoms with E-state index in [4.69, 9.17) is 4.52 Å². The van der Waals surface area contributed by atoms with E-state index in [-0.39, 0.29) is 0 Å². The van der Waals surface area contributed by atoms with Crippen LogP contribution in [-0.4, -0.2) is 36.9 Å². The lowest BCUT2D eigenvalue weighted by atomic mass is 10.1. The van der Waals surface area contributed by atoms with E-state index in [0.29, 0.717) is 12.5 Å². The van der Waals surface area contributed by atoms with Crippen molar-refractivity contribution in [2.75, 3.05) is 7.05 Å². The molecule has 1 saturated carbocycles. The fraction of sp³-hybridized carbons (Fsp3) is 0.714. The molecule has 0 unspecified atom stereocenters. The Balaban J connectivity index is 1.58. The molecule has 2 heterocycles. The lowest BCUT2D eigenvalue weighted by molar-refractivity contribution is 0.287. The van der Waals surface area contributed by atoms with Gasteiger partial charge in [0.15, 0.2) is 5.82 Å². The summed E-state index contributed by atoms with van der Waals surface area (Å²) in [4.78, 5) is 6.67. The van der Waals surface area contributed by atoms with Crippen molar-refractivity contribution in [1.29, 1.82) is 0 Å². The van der Waals surface area contributed by atoms with Gasteiger partial charge in [0.05, 0.1) is 13.1 Å². The topological polar surface area (TPSA) is 72.9 Å². The first-order valence-corrected chi connectivity index (χ1v) is 7.64. The minimum atomic E-state index is 0.472. The molecule has 0 amide bonds. The molecule has 0 aliphatic heterocycles. The van der Waals surface area contributed by atoms with Gasteiger partial charge in [-0.3, -0.25) is 4.90 Å². The van der Waals surface area contributed by atoms with Crippen molar-refractivity contribution in [3.8, 4) is 0 Å². The summed E-state index contributed by atoms with van der Waals surface area (Å²) in [5.74, 6) is 2.99. The molecule has 0 bridgehead atoms. The van der Waals surface area contributed by atoms with Gasteiger partial charge in [0.1, 0.15) is 12.2 Å². The number of hydrogen-bond donors (Lipinski definition) is 0. The quantitative estimate of drug-likeness (QED) is 0.810. The molecule has 114 valence electrons. The highest BCUT2D eigenvalue weighted by atomic mass is 16.5. The second kappa shape index (κ2) is 6.34. The van der Waals surface area contributed by atoms with Gasteiger partial charge < -0.3 is 9.09 Å².